The molecule has 1 aliphatic carbocycles. The summed E-state index contributed by atoms with van der Waals surface area (Å²) in [7, 11) is 0. The van der Waals surface area contributed by atoms with E-state index in [1.165, 1.54) is 17.5 Å². The van der Waals surface area contributed by atoms with Crippen LogP contribution in [0.25, 0.3) is 0 Å². The molecule has 1 aromatic rings. The second kappa shape index (κ2) is 2.64. The lowest BCUT2D eigenvalue weighted by atomic mass is 9.78. The number of hydrazine groups is 1. The molecular formula is C9H12N2. The van der Waals surface area contributed by atoms with E-state index in [0.29, 0.717) is 5.92 Å². The Balaban J connectivity index is 2.16. The molecule has 0 spiro atoms. The van der Waals surface area contributed by atoms with Gasteiger partial charge in [0.25, 0.3) is 0 Å². The SMILES string of the molecule is NNCC1Cc2ccccc21. The van der Waals surface area contributed by atoms with Gasteiger partial charge in [-0.25, -0.2) is 0 Å². The second-order valence-electron chi connectivity index (χ2n) is 3.01. The molecule has 2 rings (SSSR count). The summed E-state index contributed by atoms with van der Waals surface area (Å²) in [5.74, 6) is 5.90. The molecular weight excluding hydrogens is 136 g/mol. The van der Waals surface area contributed by atoms with E-state index in [9.17, 15) is 0 Å². The smallest absolute Gasteiger partial charge is 0.0170 e. The third-order valence-electron chi connectivity index (χ3n) is 2.33. The predicted octanol–water partition coefficient (Wildman–Crippen LogP) is 0.790. The fraction of sp³-hybridized carbons (Fsp3) is 0.333. The molecule has 0 bridgehead atoms. The molecule has 1 unspecified atom stereocenters. The van der Waals surface area contributed by atoms with Gasteiger partial charge >= 0.3 is 0 Å². The zero-order valence-corrected chi connectivity index (χ0v) is 6.38. The van der Waals surface area contributed by atoms with Crippen molar-refractivity contribution in [3.8, 4) is 0 Å². The van der Waals surface area contributed by atoms with Crippen molar-refractivity contribution in [2.24, 2.45) is 5.84 Å². The predicted molar refractivity (Wildman–Crippen MR) is 45.1 cm³/mol. The van der Waals surface area contributed by atoms with Crippen LogP contribution < -0.4 is 11.3 Å². The zero-order valence-electron chi connectivity index (χ0n) is 6.38. The van der Waals surface area contributed by atoms with Gasteiger partial charge in [-0.3, -0.25) is 11.3 Å². The fourth-order valence-corrected chi connectivity index (χ4v) is 1.69. The lowest BCUT2D eigenvalue weighted by Crippen LogP contribution is -2.32. The molecule has 0 fully saturated rings. The van der Waals surface area contributed by atoms with Gasteiger partial charge in [-0.15, -0.1) is 0 Å². The molecule has 0 radical (unpaired) electrons. The molecule has 0 aromatic heterocycles. The van der Waals surface area contributed by atoms with Crippen LogP contribution >= 0.6 is 0 Å². The zero-order chi connectivity index (χ0) is 7.68. The van der Waals surface area contributed by atoms with Gasteiger partial charge in [0.1, 0.15) is 0 Å². The number of hydrogen-bond acceptors (Lipinski definition) is 2. The lowest BCUT2D eigenvalue weighted by Gasteiger charge is -2.29. The maximum atomic E-state index is 5.25. The van der Waals surface area contributed by atoms with Crippen molar-refractivity contribution in [3.05, 3.63) is 35.4 Å². The van der Waals surface area contributed by atoms with E-state index in [0.717, 1.165) is 6.54 Å². The topological polar surface area (TPSA) is 38.0 Å². The van der Waals surface area contributed by atoms with E-state index in [2.05, 4.69) is 29.7 Å². The van der Waals surface area contributed by atoms with Gasteiger partial charge in [0.2, 0.25) is 0 Å². The van der Waals surface area contributed by atoms with Crippen molar-refractivity contribution in [2.45, 2.75) is 12.3 Å². The summed E-state index contributed by atoms with van der Waals surface area (Å²) in [6.07, 6.45) is 1.18. The van der Waals surface area contributed by atoms with Crippen LogP contribution in [0.5, 0.6) is 0 Å². The molecule has 1 aliphatic rings. The first kappa shape index (κ1) is 6.83. The summed E-state index contributed by atoms with van der Waals surface area (Å²) in [5, 5.41) is 0. The van der Waals surface area contributed by atoms with Crippen molar-refractivity contribution in [2.75, 3.05) is 6.54 Å². The summed E-state index contributed by atoms with van der Waals surface area (Å²) in [6, 6.07) is 8.54. The van der Waals surface area contributed by atoms with E-state index < -0.39 is 0 Å². The van der Waals surface area contributed by atoms with Gasteiger partial charge in [-0.1, -0.05) is 24.3 Å². The van der Waals surface area contributed by atoms with E-state index in [-0.39, 0.29) is 0 Å². The average Bonchev–Trinajstić information content (AvgIpc) is 2.01. The number of nitrogens with two attached hydrogens (primary N) is 1. The van der Waals surface area contributed by atoms with Gasteiger partial charge < -0.3 is 0 Å². The Labute approximate surface area is 66.4 Å². The first-order chi connectivity index (χ1) is 5.42. The highest BCUT2D eigenvalue weighted by Gasteiger charge is 2.23. The number of rotatable bonds is 2. The summed E-state index contributed by atoms with van der Waals surface area (Å²) >= 11 is 0. The molecule has 0 amide bonds. The second-order valence-corrected chi connectivity index (χ2v) is 3.01. The lowest BCUT2D eigenvalue weighted by molar-refractivity contribution is 0.548. The molecule has 58 valence electrons. The van der Waals surface area contributed by atoms with Crippen LogP contribution in [-0.4, -0.2) is 6.54 Å². The Kier molecular flexibility index (Phi) is 1.64. The maximum Gasteiger partial charge on any atom is 0.0170 e. The monoisotopic (exact) mass is 148 g/mol. The molecule has 0 heterocycles. The van der Waals surface area contributed by atoms with Crippen LogP contribution in [0.1, 0.15) is 17.0 Å². The number of benzene rings is 1. The molecule has 0 aliphatic heterocycles. The van der Waals surface area contributed by atoms with Crippen LogP contribution in [-0.2, 0) is 6.42 Å². The number of nitrogens with one attached hydrogen (secondary N) is 1. The minimum Gasteiger partial charge on any atom is -0.271 e. The van der Waals surface area contributed by atoms with Gasteiger partial charge in [0.15, 0.2) is 0 Å². The van der Waals surface area contributed by atoms with Crippen LogP contribution in [0.2, 0.25) is 0 Å². The third-order valence-corrected chi connectivity index (χ3v) is 2.33. The van der Waals surface area contributed by atoms with E-state index in [1.807, 2.05) is 0 Å². The van der Waals surface area contributed by atoms with Crippen molar-refractivity contribution in [1.82, 2.24) is 5.43 Å². The Bertz CT molecular complexity index is 257. The highest BCUT2D eigenvalue weighted by molar-refractivity contribution is 5.40. The molecule has 2 nitrogen and oxygen atoms in total. The van der Waals surface area contributed by atoms with Crippen molar-refractivity contribution in [3.63, 3.8) is 0 Å². The Morgan fingerprint density at radius 2 is 2.27 bits per heavy atom. The first-order valence-electron chi connectivity index (χ1n) is 3.93. The van der Waals surface area contributed by atoms with Crippen LogP contribution in [0, 0.1) is 0 Å². The first-order valence-corrected chi connectivity index (χ1v) is 3.93. The summed E-state index contributed by atoms with van der Waals surface area (Å²) in [6.45, 7) is 0.900. The number of hydrogen-bond donors (Lipinski definition) is 2. The number of fused-ring (bicyclic) bond motifs is 1. The summed E-state index contributed by atoms with van der Waals surface area (Å²) < 4.78 is 0. The van der Waals surface area contributed by atoms with Gasteiger partial charge in [0.05, 0.1) is 0 Å². The maximum absolute atomic E-state index is 5.25. The molecule has 1 atom stereocenters. The summed E-state index contributed by atoms with van der Waals surface area (Å²) in [5.41, 5.74) is 5.65. The average molecular weight is 148 g/mol. The quantitative estimate of drug-likeness (QED) is 0.480. The molecule has 2 heteroatoms. The highest BCUT2D eigenvalue weighted by Crippen LogP contribution is 2.33. The van der Waals surface area contributed by atoms with Crippen LogP contribution in [0.3, 0.4) is 0 Å². The van der Waals surface area contributed by atoms with Gasteiger partial charge in [0, 0.05) is 12.5 Å². The van der Waals surface area contributed by atoms with Crippen LogP contribution in [0.15, 0.2) is 24.3 Å². The normalized spacial score (nSPS) is 20.6. The van der Waals surface area contributed by atoms with E-state index in [1.54, 1.807) is 0 Å². The minimum atomic E-state index is 0.649. The summed E-state index contributed by atoms with van der Waals surface area (Å²) in [4.78, 5) is 0. The van der Waals surface area contributed by atoms with Crippen LogP contribution in [0.4, 0.5) is 0 Å². The third kappa shape index (κ3) is 1.04. The van der Waals surface area contributed by atoms with Crippen molar-refractivity contribution < 1.29 is 0 Å². The Morgan fingerprint density at radius 1 is 1.45 bits per heavy atom. The fourth-order valence-electron chi connectivity index (χ4n) is 1.69. The molecule has 3 N–H and O–H groups in total. The highest BCUT2D eigenvalue weighted by atomic mass is 15.2. The molecule has 11 heavy (non-hydrogen) atoms. The van der Waals surface area contributed by atoms with Gasteiger partial charge in [-0.2, -0.15) is 0 Å². The van der Waals surface area contributed by atoms with Crippen molar-refractivity contribution >= 4 is 0 Å². The molecule has 0 saturated carbocycles. The Morgan fingerprint density at radius 3 is 3.00 bits per heavy atom. The van der Waals surface area contributed by atoms with E-state index in [4.69, 9.17) is 5.84 Å². The Hall–Kier alpha value is -0.860. The van der Waals surface area contributed by atoms with Gasteiger partial charge in [-0.05, 0) is 17.5 Å². The minimum absolute atomic E-state index is 0.649. The largest absolute Gasteiger partial charge is 0.271 e. The molecule has 1 aromatic carbocycles. The molecule has 0 saturated heterocycles. The standard InChI is InChI=1S/C9H12N2/c10-11-6-8-5-7-3-1-2-4-9(7)8/h1-4,8,11H,5-6,10H2. The van der Waals surface area contributed by atoms with Crippen molar-refractivity contribution in [1.29, 1.82) is 0 Å². The van der Waals surface area contributed by atoms with E-state index >= 15 is 0 Å².